The van der Waals surface area contributed by atoms with Crippen LogP contribution in [0.5, 0.6) is 17.2 Å². The summed E-state index contributed by atoms with van der Waals surface area (Å²) in [7, 11) is 1.43. The van der Waals surface area contributed by atoms with Crippen LogP contribution in [-0.4, -0.2) is 18.0 Å². The molecule has 3 N–H and O–H groups in total. The van der Waals surface area contributed by atoms with Crippen molar-refractivity contribution < 1.29 is 32.5 Å². The lowest BCUT2D eigenvalue weighted by molar-refractivity contribution is -0.140. The van der Waals surface area contributed by atoms with Crippen LogP contribution in [0, 0.1) is 5.41 Å². The van der Waals surface area contributed by atoms with E-state index in [0.29, 0.717) is 11.3 Å². The number of carbonyl (C=O) groups is 1. The number of halogens is 4. The van der Waals surface area contributed by atoms with Gasteiger partial charge in [-0.15, -0.1) is 12.4 Å². The Labute approximate surface area is 185 Å². The van der Waals surface area contributed by atoms with Crippen LogP contribution < -0.4 is 15.2 Å². The lowest BCUT2D eigenvalue weighted by Crippen LogP contribution is -2.16. The van der Waals surface area contributed by atoms with Crippen molar-refractivity contribution in [2.45, 2.75) is 46.5 Å². The number of hydrogen-bond donors (Lipinski definition) is 2. The van der Waals surface area contributed by atoms with Gasteiger partial charge in [-0.2, -0.15) is 13.2 Å². The Morgan fingerprint density at radius 1 is 1.10 bits per heavy atom. The van der Waals surface area contributed by atoms with E-state index in [1.165, 1.54) is 7.11 Å². The van der Waals surface area contributed by atoms with Gasteiger partial charge in [0.15, 0.2) is 5.78 Å². The van der Waals surface area contributed by atoms with Crippen molar-refractivity contribution in [1.29, 1.82) is 0 Å². The molecule has 9 heteroatoms. The van der Waals surface area contributed by atoms with Crippen molar-refractivity contribution in [1.82, 2.24) is 0 Å². The highest BCUT2D eigenvalue weighted by atomic mass is 35.5. The molecule has 31 heavy (non-hydrogen) atoms. The van der Waals surface area contributed by atoms with Crippen molar-refractivity contribution in [2.75, 3.05) is 7.11 Å². The van der Waals surface area contributed by atoms with Crippen molar-refractivity contribution in [3.05, 3.63) is 52.6 Å². The second-order valence-corrected chi connectivity index (χ2v) is 8.13. The first-order chi connectivity index (χ1) is 13.9. The topological polar surface area (TPSA) is 81.8 Å². The number of alkyl halides is 3. The van der Waals surface area contributed by atoms with Crippen molar-refractivity contribution >= 4 is 18.2 Å². The Bertz CT molecular complexity index is 924. The van der Waals surface area contributed by atoms with Crippen LogP contribution in [-0.2, 0) is 19.3 Å². The van der Waals surface area contributed by atoms with E-state index in [4.69, 9.17) is 15.2 Å². The fraction of sp³-hybridized carbons (Fsp3) is 0.409. The van der Waals surface area contributed by atoms with Crippen LogP contribution >= 0.6 is 12.4 Å². The van der Waals surface area contributed by atoms with E-state index in [1.54, 1.807) is 39.0 Å². The zero-order chi connectivity index (χ0) is 22.7. The monoisotopic (exact) mass is 461 g/mol. The fourth-order valence-electron chi connectivity index (χ4n) is 2.96. The number of carbonyl (C=O) groups excluding carboxylic acids is 1. The number of nitrogens with two attached hydrogens (primary N) is 1. The Morgan fingerprint density at radius 3 is 2.26 bits per heavy atom. The second-order valence-electron chi connectivity index (χ2n) is 8.13. The summed E-state index contributed by atoms with van der Waals surface area (Å²) < 4.78 is 51.6. The van der Waals surface area contributed by atoms with E-state index in [0.717, 1.165) is 17.7 Å². The highest BCUT2D eigenvalue weighted by Crippen LogP contribution is 2.44. The molecule has 0 saturated carbocycles. The third-order valence-electron chi connectivity index (χ3n) is 4.38. The molecule has 0 aromatic heterocycles. The Hall–Kier alpha value is -2.45. The van der Waals surface area contributed by atoms with Crippen molar-refractivity contribution in [3.63, 3.8) is 0 Å². The molecule has 0 saturated heterocycles. The molecule has 0 aliphatic carbocycles. The Morgan fingerprint density at radius 2 is 1.74 bits per heavy atom. The third-order valence-corrected chi connectivity index (χ3v) is 4.38. The molecule has 0 unspecified atom stereocenters. The molecule has 172 valence electrons. The molecule has 0 amide bonds. The average molecular weight is 462 g/mol. The van der Waals surface area contributed by atoms with E-state index >= 15 is 0 Å². The Kier molecular flexibility index (Phi) is 8.78. The van der Waals surface area contributed by atoms with Crippen LogP contribution in [0.15, 0.2) is 30.3 Å². The minimum atomic E-state index is -4.91. The molecular weight excluding hydrogens is 435 g/mol. The van der Waals surface area contributed by atoms with Crippen LogP contribution in [0.4, 0.5) is 13.2 Å². The number of phenolic OH excluding ortho intramolecular Hbond substituents is 1. The predicted molar refractivity (Wildman–Crippen MR) is 114 cm³/mol. The van der Waals surface area contributed by atoms with E-state index in [2.05, 4.69) is 0 Å². The molecule has 0 aliphatic rings. The molecule has 0 fully saturated rings. The molecule has 5 nitrogen and oxygen atoms in total. The van der Waals surface area contributed by atoms with Crippen LogP contribution in [0.2, 0.25) is 0 Å². The number of ether oxygens (including phenoxy) is 2. The zero-order valence-electron chi connectivity index (χ0n) is 17.8. The molecule has 0 spiro atoms. The largest absolute Gasteiger partial charge is 0.506 e. The number of hydrogen-bond acceptors (Lipinski definition) is 5. The summed E-state index contributed by atoms with van der Waals surface area (Å²) in [5.74, 6) is -1.85. The number of phenols is 1. The van der Waals surface area contributed by atoms with Crippen LogP contribution in [0.25, 0.3) is 0 Å². The summed E-state index contributed by atoms with van der Waals surface area (Å²) in [4.78, 5) is 12.4. The van der Waals surface area contributed by atoms with E-state index in [-0.39, 0.29) is 37.5 Å². The standard InChI is InChI=1S/C22H26F3NO4.ClH/c1-21(2,3)10-16(27)15-7-8-17(19(20(15)28)22(23,24)25)30-12-14-6-5-13(11-26)9-18(14)29-4;/h5-9,28H,10-12,26H2,1-4H3;1H. The zero-order valence-corrected chi connectivity index (χ0v) is 18.6. The van der Waals surface area contributed by atoms with Crippen LogP contribution in [0.3, 0.4) is 0 Å². The first-order valence-corrected chi connectivity index (χ1v) is 9.32. The number of Topliss-reactive ketones (excluding diaryl/α,β-unsaturated/α-hetero) is 1. The summed E-state index contributed by atoms with van der Waals surface area (Å²) in [5, 5.41) is 10.3. The minimum absolute atomic E-state index is 0. The fourth-order valence-corrected chi connectivity index (χ4v) is 2.96. The van der Waals surface area contributed by atoms with E-state index < -0.39 is 34.4 Å². The van der Waals surface area contributed by atoms with Crippen molar-refractivity contribution in [2.24, 2.45) is 11.1 Å². The highest BCUT2D eigenvalue weighted by molar-refractivity contribution is 5.99. The number of ketones is 1. The van der Waals surface area contributed by atoms with Gasteiger partial charge in [-0.05, 0) is 29.2 Å². The SMILES string of the molecule is COc1cc(CN)ccc1COc1ccc(C(=O)CC(C)(C)C)c(O)c1C(F)(F)F.Cl. The lowest BCUT2D eigenvalue weighted by atomic mass is 9.87. The summed E-state index contributed by atoms with van der Waals surface area (Å²) in [6.45, 7) is 5.41. The quantitative estimate of drug-likeness (QED) is 0.532. The van der Waals surface area contributed by atoms with Gasteiger partial charge in [0.25, 0.3) is 0 Å². The average Bonchev–Trinajstić information content (AvgIpc) is 2.63. The van der Waals surface area contributed by atoms with Crippen LogP contribution in [0.1, 0.15) is 54.2 Å². The molecule has 0 radical (unpaired) electrons. The highest BCUT2D eigenvalue weighted by Gasteiger charge is 2.40. The third kappa shape index (κ3) is 6.77. The lowest BCUT2D eigenvalue weighted by Gasteiger charge is -2.20. The van der Waals surface area contributed by atoms with Gasteiger partial charge in [0.05, 0.1) is 12.7 Å². The van der Waals surface area contributed by atoms with Gasteiger partial charge in [0.1, 0.15) is 29.4 Å². The Balaban J connectivity index is 0.00000480. The predicted octanol–water partition coefficient (Wildman–Crippen LogP) is 5.50. The molecule has 2 rings (SSSR count). The number of methoxy groups -OCH3 is 1. The second kappa shape index (κ2) is 10.2. The summed E-state index contributed by atoms with van der Waals surface area (Å²) >= 11 is 0. The smallest absolute Gasteiger partial charge is 0.423 e. The summed E-state index contributed by atoms with van der Waals surface area (Å²) in [6, 6.07) is 7.25. The maximum atomic E-state index is 13.7. The van der Waals surface area contributed by atoms with Gasteiger partial charge >= 0.3 is 6.18 Å². The molecule has 0 atom stereocenters. The first kappa shape index (κ1) is 26.6. The number of rotatable bonds is 7. The van der Waals surface area contributed by atoms with E-state index in [1.807, 2.05) is 0 Å². The minimum Gasteiger partial charge on any atom is -0.506 e. The molecule has 2 aromatic carbocycles. The maximum absolute atomic E-state index is 13.7. The molecule has 0 heterocycles. The van der Waals surface area contributed by atoms with Gasteiger partial charge < -0.3 is 20.3 Å². The molecule has 0 aliphatic heterocycles. The number of aromatic hydroxyl groups is 1. The van der Waals surface area contributed by atoms with Gasteiger partial charge in [0, 0.05) is 18.5 Å². The molecular formula is C22H27ClF3NO4. The van der Waals surface area contributed by atoms with E-state index in [9.17, 15) is 23.1 Å². The maximum Gasteiger partial charge on any atom is 0.423 e. The number of benzene rings is 2. The summed E-state index contributed by atoms with van der Waals surface area (Å²) in [5.41, 5.74) is 4.69. The van der Waals surface area contributed by atoms with Gasteiger partial charge in [-0.1, -0.05) is 32.9 Å². The van der Waals surface area contributed by atoms with Gasteiger partial charge in [-0.3, -0.25) is 4.79 Å². The summed E-state index contributed by atoms with van der Waals surface area (Å²) in [6.07, 6.45) is -4.92. The first-order valence-electron chi connectivity index (χ1n) is 9.32. The van der Waals surface area contributed by atoms with Gasteiger partial charge in [0.2, 0.25) is 0 Å². The normalized spacial score (nSPS) is 11.6. The van der Waals surface area contributed by atoms with Gasteiger partial charge in [-0.25, -0.2) is 0 Å². The van der Waals surface area contributed by atoms with Crippen molar-refractivity contribution in [3.8, 4) is 17.2 Å². The molecule has 0 bridgehead atoms. The molecule has 2 aromatic rings.